The van der Waals surface area contributed by atoms with E-state index in [9.17, 15) is 0 Å². The third-order valence-electron chi connectivity index (χ3n) is 5.99. The molecule has 1 saturated heterocycles. The summed E-state index contributed by atoms with van der Waals surface area (Å²) in [5.41, 5.74) is 2.27. The lowest BCUT2D eigenvalue weighted by Gasteiger charge is -2.36. The van der Waals surface area contributed by atoms with Crippen LogP contribution in [-0.4, -0.2) is 48.4 Å². The van der Waals surface area contributed by atoms with Crippen LogP contribution in [0.1, 0.15) is 5.76 Å². The number of aromatic nitrogens is 2. The fourth-order valence-electron chi connectivity index (χ4n) is 4.11. The Labute approximate surface area is 215 Å². The van der Waals surface area contributed by atoms with E-state index >= 15 is 0 Å². The van der Waals surface area contributed by atoms with Crippen molar-refractivity contribution in [2.45, 2.75) is 6.54 Å². The van der Waals surface area contributed by atoms with Crippen LogP contribution in [0.5, 0.6) is 5.88 Å². The van der Waals surface area contributed by atoms with Crippen molar-refractivity contribution in [2.24, 2.45) is 0 Å². The van der Waals surface area contributed by atoms with Gasteiger partial charge in [0.15, 0.2) is 5.11 Å². The maximum atomic E-state index is 5.93. The first-order valence-corrected chi connectivity index (χ1v) is 12.3. The molecule has 1 fully saturated rings. The van der Waals surface area contributed by atoms with Crippen molar-refractivity contribution in [2.75, 3.05) is 48.4 Å². The van der Waals surface area contributed by atoms with Gasteiger partial charge in [0.2, 0.25) is 11.8 Å². The second-order valence-corrected chi connectivity index (χ2v) is 8.75. The van der Waals surface area contributed by atoms with Gasteiger partial charge in [0.1, 0.15) is 17.3 Å². The molecule has 0 bridgehead atoms. The summed E-state index contributed by atoms with van der Waals surface area (Å²) in [4.78, 5) is 13.7. The van der Waals surface area contributed by atoms with Crippen LogP contribution >= 0.6 is 12.2 Å². The normalized spacial score (nSPS) is 13.4. The molecule has 5 rings (SSSR count). The van der Waals surface area contributed by atoms with E-state index in [4.69, 9.17) is 26.4 Å². The maximum absolute atomic E-state index is 5.93. The largest absolute Gasteiger partial charge is 0.481 e. The molecule has 8 nitrogen and oxygen atoms in total. The summed E-state index contributed by atoms with van der Waals surface area (Å²) in [6.07, 6.45) is 0. The Balaban J connectivity index is 1.19. The molecule has 0 spiro atoms. The molecule has 36 heavy (non-hydrogen) atoms. The summed E-state index contributed by atoms with van der Waals surface area (Å²) in [5.74, 6) is 3.27. The molecule has 2 aromatic carbocycles. The van der Waals surface area contributed by atoms with E-state index in [0.29, 0.717) is 23.5 Å². The molecule has 2 aromatic heterocycles. The number of nitrogens with one attached hydrogen (secondary N) is 2. The first-order chi connectivity index (χ1) is 17.7. The van der Waals surface area contributed by atoms with Crippen LogP contribution in [0.2, 0.25) is 0 Å². The van der Waals surface area contributed by atoms with E-state index in [0.717, 1.165) is 49.1 Å². The number of hydrogen-bond acceptors (Lipinski definition) is 7. The van der Waals surface area contributed by atoms with Gasteiger partial charge in [0.05, 0.1) is 13.7 Å². The van der Waals surface area contributed by atoms with Crippen LogP contribution in [0.3, 0.4) is 0 Å². The maximum Gasteiger partial charge on any atom is 0.234 e. The zero-order chi connectivity index (χ0) is 24.7. The highest BCUT2D eigenvalue weighted by Gasteiger charge is 2.20. The molecule has 1 aliphatic heterocycles. The predicted molar refractivity (Wildman–Crippen MR) is 147 cm³/mol. The molecule has 3 heterocycles. The lowest BCUT2D eigenvalue weighted by molar-refractivity contribution is 0.397. The van der Waals surface area contributed by atoms with Gasteiger partial charge < -0.3 is 29.6 Å². The number of rotatable bonds is 7. The number of furan rings is 1. The van der Waals surface area contributed by atoms with Crippen molar-refractivity contribution >= 4 is 34.8 Å². The molecule has 0 atom stereocenters. The van der Waals surface area contributed by atoms with Crippen molar-refractivity contribution in [3.8, 4) is 17.2 Å². The highest BCUT2D eigenvalue weighted by atomic mass is 32.1. The summed E-state index contributed by atoms with van der Waals surface area (Å²) in [6, 6.07) is 26.2. The topological polar surface area (TPSA) is 78.7 Å². The molecule has 0 saturated carbocycles. The number of methoxy groups -OCH3 is 1. The van der Waals surface area contributed by atoms with Crippen molar-refractivity contribution in [3.05, 3.63) is 84.6 Å². The predicted octanol–water partition coefficient (Wildman–Crippen LogP) is 4.56. The molecule has 4 aromatic rings. The number of thiocarbonyl (C=S) groups is 1. The van der Waals surface area contributed by atoms with E-state index < -0.39 is 0 Å². The summed E-state index contributed by atoms with van der Waals surface area (Å²) in [6.45, 7) is 3.95. The van der Waals surface area contributed by atoms with Crippen LogP contribution in [0.15, 0.2) is 83.3 Å². The van der Waals surface area contributed by atoms with E-state index in [1.165, 1.54) is 5.69 Å². The first kappa shape index (κ1) is 23.6. The summed E-state index contributed by atoms with van der Waals surface area (Å²) < 4.78 is 11.4. The van der Waals surface area contributed by atoms with Crippen LogP contribution < -0.4 is 25.2 Å². The van der Waals surface area contributed by atoms with Gasteiger partial charge in [0, 0.05) is 43.5 Å². The zero-order valence-corrected chi connectivity index (χ0v) is 20.9. The standard InChI is InChI=1S/C27H28N6O2S/c1-34-25-18-24(33-16-14-32(15-17-33)21-10-6-3-7-11-21)29-26(30-25)31-27(36)28-19-22-12-13-23(35-22)20-8-4-2-5-9-20/h2-13,18H,14-17,19H2,1H3,(H2,28,29,30,31,36). The van der Waals surface area contributed by atoms with E-state index in [1.807, 2.05) is 54.6 Å². The number of para-hydroxylation sites is 1. The SMILES string of the molecule is COc1cc(N2CCN(c3ccccc3)CC2)nc(NC(=S)NCc2ccc(-c3ccccc3)o2)n1. The highest BCUT2D eigenvalue weighted by molar-refractivity contribution is 7.80. The zero-order valence-electron chi connectivity index (χ0n) is 20.1. The third kappa shape index (κ3) is 5.75. The number of nitrogens with zero attached hydrogens (tertiary/aromatic N) is 4. The van der Waals surface area contributed by atoms with E-state index in [-0.39, 0.29) is 0 Å². The van der Waals surface area contributed by atoms with Gasteiger partial charge in [-0.05, 0) is 36.5 Å². The Morgan fingerprint density at radius 1 is 0.917 bits per heavy atom. The Morgan fingerprint density at radius 2 is 1.61 bits per heavy atom. The van der Waals surface area contributed by atoms with Gasteiger partial charge in [-0.25, -0.2) is 0 Å². The molecule has 1 aliphatic rings. The monoisotopic (exact) mass is 500 g/mol. The van der Waals surface area contributed by atoms with Crippen LogP contribution in [0.25, 0.3) is 11.3 Å². The van der Waals surface area contributed by atoms with Gasteiger partial charge in [0.25, 0.3) is 0 Å². The van der Waals surface area contributed by atoms with E-state index in [1.54, 1.807) is 7.11 Å². The Bertz CT molecular complexity index is 1290. The molecular formula is C27H28N6O2S. The van der Waals surface area contributed by atoms with Crippen molar-refractivity contribution in [1.82, 2.24) is 15.3 Å². The van der Waals surface area contributed by atoms with Crippen molar-refractivity contribution in [3.63, 3.8) is 0 Å². The van der Waals surface area contributed by atoms with Crippen molar-refractivity contribution in [1.29, 1.82) is 0 Å². The third-order valence-corrected chi connectivity index (χ3v) is 6.24. The molecule has 0 unspecified atom stereocenters. The number of ether oxygens (including phenoxy) is 1. The lowest BCUT2D eigenvalue weighted by Crippen LogP contribution is -2.46. The van der Waals surface area contributed by atoms with Crippen molar-refractivity contribution < 1.29 is 9.15 Å². The fraction of sp³-hybridized carbons (Fsp3) is 0.222. The highest BCUT2D eigenvalue weighted by Crippen LogP contribution is 2.24. The average molecular weight is 501 g/mol. The Morgan fingerprint density at radius 3 is 2.33 bits per heavy atom. The molecule has 184 valence electrons. The molecule has 2 N–H and O–H groups in total. The second kappa shape index (κ2) is 11.1. The lowest BCUT2D eigenvalue weighted by atomic mass is 10.2. The number of hydrogen-bond donors (Lipinski definition) is 2. The van der Waals surface area contributed by atoms with Gasteiger partial charge >= 0.3 is 0 Å². The molecule has 0 amide bonds. The van der Waals surface area contributed by atoms with Crippen LogP contribution in [0, 0.1) is 0 Å². The molecular weight excluding hydrogens is 472 g/mol. The number of benzene rings is 2. The summed E-state index contributed by atoms with van der Waals surface area (Å²) in [5, 5.41) is 6.64. The smallest absolute Gasteiger partial charge is 0.234 e. The average Bonchev–Trinajstić information content (AvgIpc) is 3.42. The molecule has 0 aliphatic carbocycles. The van der Waals surface area contributed by atoms with Gasteiger partial charge in [-0.3, -0.25) is 0 Å². The quantitative estimate of drug-likeness (QED) is 0.355. The van der Waals surface area contributed by atoms with Crippen LogP contribution in [0.4, 0.5) is 17.5 Å². The minimum atomic E-state index is 0.386. The molecule has 0 radical (unpaired) electrons. The van der Waals surface area contributed by atoms with Gasteiger partial charge in [-0.15, -0.1) is 0 Å². The number of anilines is 3. The first-order valence-electron chi connectivity index (χ1n) is 11.8. The fourth-order valence-corrected chi connectivity index (χ4v) is 4.27. The number of piperazine rings is 1. The minimum Gasteiger partial charge on any atom is -0.481 e. The summed E-state index contributed by atoms with van der Waals surface area (Å²) in [7, 11) is 1.60. The molecule has 9 heteroatoms. The Hall–Kier alpha value is -4.11. The van der Waals surface area contributed by atoms with Crippen LogP contribution in [-0.2, 0) is 6.54 Å². The van der Waals surface area contributed by atoms with E-state index in [2.05, 4.69) is 49.7 Å². The second-order valence-electron chi connectivity index (χ2n) is 8.34. The van der Waals surface area contributed by atoms with Gasteiger partial charge in [-0.1, -0.05) is 48.5 Å². The van der Waals surface area contributed by atoms with Gasteiger partial charge in [-0.2, -0.15) is 9.97 Å². The minimum absolute atomic E-state index is 0.386. The summed E-state index contributed by atoms with van der Waals surface area (Å²) >= 11 is 5.48. The Kier molecular flexibility index (Phi) is 7.28.